The Hall–Kier alpha value is -1.05. The molecule has 0 aromatic rings. The van der Waals surface area contributed by atoms with E-state index in [9.17, 15) is 0 Å². The van der Waals surface area contributed by atoms with Gasteiger partial charge in [-0.2, -0.15) is 0 Å². The van der Waals surface area contributed by atoms with Crippen molar-refractivity contribution in [3.8, 4) is 0 Å². The maximum atomic E-state index is 4.76. The second kappa shape index (κ2) is 10.8. The summed E-state index contributed by atoms with van der Waals surface area (Å²) in [7, 11) is 1.60. The molecule has 0 unspecified atom stereocenters. The van der Waals surface area contributed by atoms with E-state index in [0.29, 0.717) is 0 Å². The van der Waals surface area contributed by atoms with Crippen LogP contribution in [0.1, 0.15) is 66.7 Å². The van der Waals surface area contributed by atoms with Crippen molar-refractivity contribution in [2.45, 2.75) is 66.7 Å². The summed E-state index contributed by atoms with van der Waals surface area (Å²) in [5.74, 6) is 0.760. The topological polar surface area (TPSA) is 21.6 Å². The van der Waals surface area contributed by atoms with Gasteiger partial charge < -0.3 is 4.84 Å². The van der Waals surface area contributed by atoms with E-state index in [4.69, 9.17) is 4.84 Å². The van der Waals surface area contributed by atoms with Crippen molar-refractivity contribution in [1.82, 2.24) is 0 Å². The molecule has 0 radical (unpaired) electrons. The van der Waals surface area contributed by atoms with Crippen LogP contribution in [0.5, 0.6) is 0 Å². The van der Waals surface area contributed by atoms with Crippen LogP contribution in [-0.2, 0) is 4.84 Å². The molecule has 0 fully saturated rings. The highest BCUT2D eigenvalue weighted by atomic mass is 16.6. The third-order valence-electron chi connectivity index (χ3n) is 3.10. The maximum Gasteiger partial charge on any atom is 0.106 e. The van der Waals surface area contributed by atoms with Gasteiger partial charge in [0.2, 0.25) is 0 Å². The van der Waals surface area contributed by atoms with Gasteiger partial charge in [-0.3, -0.25) is 0 Å². The van der Waals surface area contributed by atoms with Crippen molar-refractivity contribution in [3.05, 3.63) is 23.3 Å². The average Bonchev–Trinajstić information content (AvgIpc) is 2.34. The minimum Gasteiger partial charge on any atom is -0.399 e. The second-order valence-electron chi connectivity index (χ2n) is 5.78. The molecule has 0 aromatic carbocycles. The summed E-state index contributed by atoms with van der Waals surface area (Å²) in [5.41, 5.74) is 4.01. The third-order valence-corrected chi connectivity index (χ3v) is 3.10. The largest absolute Gasteiger partial charge is 0.399 e. The summed E-state index contributed by atoms with van der Waals surface area (Å²) in [4.78, 5) is 4.76. The molecule has 0 aliphatic carbocycles. The van der Waals surface area contributed by atoms with Crippen molar-refractivity contribution in [2.75, 3.05) is 7.11 Å². The monoisotopic (exact) mass is 265 g/mol. The Morgan fingerprint density at radius 3 is 2.21 bits per heavy atom. The molecule has 0 amide bonds. The van der Waals surface area contributed by atoms with E-state index in [1.54, 1.807) is 7.11 Å². The molecule has 19 heavy (non-hydrogen) atoms. The van der Waals surface area contributed by atoms with Crippen molar-refractivity contribution in [1.29, 1.82) is 0 Å². The van der Waals surface area contributed by atoms with Crippen molar-refractivity contribution in [3.63, 3.8) is 0 Å². The zero-order valence-electron chi connectivity index (χ0n) is 13.6. The van der Waals surface area contributed by atoms with Crippen LogP contribution in [-0.4, -0.2) is 12.8 Å². The molecule has 0 saturated carbocycles. The van der Waals surface area contributed by atoms with Gasteiger partial charge in [-0.1, -0.05) is 42.3 Å². The minimum absolute atomic E-state index is 0.760. The van der Waals surface area contributed by atoms with E-state index in [1.807, 2.05) is 6.92 Å². The summed E-state index contributed by atoms with van der Waals surface area (Å²) in [6, 6.07) is 0. The number of allylic oxidation sites excluding steroid dienone is 4. The molecule has 0 atom stereocenters. The zero-order valence-corrected chi connectivity index (χ0v) is 13.6. The smallest absolute Gasteiger partial charge is 0.106 e. The highest BCUT2D eigenvalue weighted by Gasteiger charge is 1.96. The normalized spacial score (nSPS) is 14.2. The number of hydrogen-bond donors (Lipinski definition) is 0. The highest BCUT2D eigenvalue weighted by molar-refractivity contribution is 5.81. The van der Waals surface area contributed by atoms with Crippen LogP contribution in [0.15, 0.2) is 28.5 Å². The van der Waals surface area contributed by atoms with Gasteiger partial charge in [-0.05, 0) is 58.8 Å². The lowest BCUT2D eigenvalue weighted by atomic mass is 10.0. The van der Waals surface area contributed by atoms with E-state index in [2.05, 4.69) is 45.0 Å². The lowest BCUT2D eigenvalue weighted by Crippen LogP contribution is -1.93. The highest BCUT2D eigenvalue weighted by Crippen LogP contribution is 2.12. The SMILES string of the molecule is CO/N=C(\C)CC/C(C)=C/CC/C(C)=C/CC(C)C. The lowest BCUT2D eigenvalue weighted by Gasteiger charge is -2.04. The van der Waals surface area contributed by atoms with Crippen LogP contribution >= 0.6 is 0 Å². The predicted molar refractivity (Wildman–Crippen MR) is 85.6 cm³/mol. The quantitative estimate of drug-likeness (QED) is 0.306. The Morgan fingerprint density at radius 2 is 1.63 bits per heavy atom. The molecular formula is C17H31NO. The van der Waals surface area contributed by atoms with Crippen LogP contribution in [0.2, 0.25) is 0 Å². The van der Waals surface area contributed by atoms with Crippen molar-refractivity contribution < 1.29 is 4.84 Å². The summed E-state index contributed by atoms with van der Waals surface area (Å²) < 4.78 is 0. The Balaban J connectivity index is 3.93. The molecule has 0 aliphatic rings. The molecule has 110 valence electrons. The summed E-state index contributed by atoms with van der Waals surface area (Å²) in [5, 5.41) is 3.93. The van der Waals surface area contributed by atoms with Gasteiger partial charge in [0.05, 0.1) is 5.71 Å². The van der Waals surface area contributed by atoms with E-state index in [1.165, 1.54) is 24.0 Å². The molecule has 0 aromatic heterocycles. The number of hydrogen-bond acceptors (Lipinski definition) is 2. The fourth-order valence-corrected chi connectivity index (χ4v) is 1.77. The van der Waals surface area contributed by atoms with Crippen molar-refractivity contribution >= 4 is 5.71 Å². The molecule has 0 aliphatic heterocycles. The summed E-state index contributed by atoms with van der Waals surface area (Å²) >= 11 is 0. The fourth-order valence-electron chi connectivity index (χ4n) is 1.77. The van der Waals surface area contributed by atoms with Gasteiger partial charge >= 0.3 is 0 Å². The molecular weight excluding hydrogens is 234 g/mol. The average molecular weight is 265 g/mol. The maximum absolute atomic E-state index is 4.76. The van der Waals surface area contributed by atoms with E-state index in [-0.39, 0.29) is 0 Å². The van der Waals surface area contributed by atoms with Crippen molar-refractivity contribution in [2.24, 2.45) is 11.1 Å². The standard InChI is InChI=1S/C17H31NO/c1-14(2)10-11-15(3)8-7-9-16(4)12-13-17(5)18-19-6/h9,11,14H,7-8,10,12-13H2,1-6H3/b15-11+,16-9+,18-17+. The first-order valence-corrected chi connectivity index (χ1v) is 7.33. The predicted octanol–water partition coefficient (Wildman–Crippen LogP) is 5.51. The first kappa shape index (κ1) is 17.9. The molecule has 0 saturated heterocycles. The molecule has 0 spiro atoms. The number of nitrogens with zero attached hydrogens (tertiary/aromatic N) is 1. The van der Waals surface area contributed by atoms with E-state index >= 15 is 0 Å². The van der Waals surface area contributed by atoms with Crippen LogP contribution in [0, 0.1) is 5.92 Å². The molecule has 0 N–H and O–H groups in total. The Morgan fingerprint density at radius 1 is 1.00 bits per heavy atom. The zero-order chi connectivity index (χ0) is 14.7. The van der Waals surface area contributed by atoms with Crippen LogP contribution < -0.4 is 0 Å². The Labute approximate surface area is 119 Å². The van der Waals surface area contributed by atoms with Crippen LogP contribution in [0.4, 0.5) is 0 Å². The summed E-state index contributed by atoms with van der Waals surface area (Å²) in [6.07, 6.45) is 10.3. The number of rotatable bonds is 9. The lowest BCUT2D eigenvalue weighted by molar-refractivity contribution is 0.212. The van der Waals surface area contributed by atoms with Crippen LogP contribution in [0.25, 0.3) is 0 Å². The molecule has 0 heterocycles. The fraction of sp³-hybridized carbons (Fsp3) is 0.706. The number of oxime groups is 1. The van der Waals surface area contributed by atoms with Gasteiger partial charge in [0, 0.05) is 0 Å². The first-order chi connectivity index (χ1) is 8.95. The minimum atomic E-state index is 0.760. The van der Waals surface area contributed by atoms with Crippen LogP contribution in [0.3, 0.4) is 0 Å². The van der Waals surface area contributed by atoms with Gasteiger partial charge in [0.1, 0.15) is 7.11 Å². The second-order valence-corrected chi connectivity index (χ2v) is 5.78. The Bertz CT molecular complexity index is 324. The first-order valence-electron chi connectivity index (χ1n) is 7.33. The van der Waals surface area contributed by atoms with Gasteiger partial charge in [-0.15, -0.1) is 0 Å². The van der Waals surface area contributed by atoms with Gasteiger partial charge in [-0.25, -0.2) is 0 Å². The molecule has 2 heteroatoms. The molecule has 0 rings (SSSR count). The molecule has 0 bridgehead atoms. The van der Waals surface area contributed by atoms with Gasteiger partial charge in [0.15, 0.2) is 0 Å². The summed E-state index contributed by atoms with van der Waals surface area (Å²) in [6.45, 7) is 11.0. The van der Waals surface area contributed by atoms with Gasteiger partial charge in [0.25, 0.3) is 0 Å². The van der Waals surface area contributed by atoms with E-state index < -0.39 is 0 Å². The Kier molecular flexibility index (Phi) is 10.2. The third kappa shape index (κ3) is 11.8. The van der Waals surface area contributed by atoms with E-state index in [0.717, 1.165) is 30.9 Å². The molecule has 2 nitrogen and oxygen atoms in total.